The highest BCUT2D eigenvalue weighted by molar-refractivity contribution is 5.76. The molecule has 0 aliphatic carbocycles. The van der Waals surface area contributed by atoms with Crippen molar-refractivity contribution in [2.45, 2.75) is 244 Å². The van der Waals surface area contributed by atoms with Gasteiger partial charge in [0.2, 0.25) is 5.91 Å². The van der Waals surface area contributed by atoms with Crippen LogP contribution in [0.4, 0.5) is 0 Å². The first-order chi connectivity index (χ1) is 24.1. The summed E-state index contributed by atoms with van der Waals surface area (Å²) < 4.78 is 0. The molecule has 0 saturated heterocycles. The molecule has 1 amide bonds. The van der Waals surface area contributed by atoms with Gasteiger partial charge in [-0.25, -0.2) is 0 Å². The third-order valence-corrected chi connectivity index (χ3v) is 10.0. The lowest BCUT2D eigenvalue weighted by atomic mass is 10.0. The van der Waals surface area contributed by atoms with Gasteiger partial charge in [0.15, 0.2) is 0 Å². The van der Waals surface area contributed by atoms with Gasteiger partial charge in [-0.15, -0.1) is 0 Å². The highest BCUT2D eigenvalue weighted by atomic mass is 16.3. The van der Waals surface area contributed by atoms with Gasteiger partial charge in [0.25, 0.3) is 0 Å². The van der Waals surface area contributed by atoms with Gasteiger partial charge >= 0.3 is 0 Å². The van der Waals surface area contributed by atoms with Crippen LogP contribution in [-0.2, 0) is 4.79 Å². The maximum absolute atomic E-state index is 12.4. The predicted octanol–water partition coefficient (Wildman–Crippen LogP) is 12.2. The van der Waals surface area contributed by atoms with Crippen LogP contribution in [0.1, 0.15) is 226 Å². The van der Waals surface area contributed by atoms with Crippen LogP contribution in [0, 0.1) is 0 Å². The van der Waals surface area contributed by atoms with E-state index in [4.69, 9.17) is 0 Å². The van der Waals surface area contributed by atoms with E-state index in [9.17, 15) is 20.1 Å². The smallest absolute Gasteiger partial charge is 0.220 e. The third kappa shape index (κ3) is 35.0. The Morgan fingerprint density at radius 2 is 0.816 bits per heavy atom. The van der Waals surface area contributed by atoms with Crippen molar-refractivity contribution in [2.75, 3.05) is 6.61 Å². The van der Waals surface area contributed by atoms with Crippen molar-refractivity contribution >= 4 is 5.91 Å². The molecule has 0 aromatic rings. The number of aliphatic hydroxyl groups excluding tert-OH is 3. The van der Waals surface area contributed by atoms with Crippen LogP contribution in [-0.4, -0.2) is 46.1 Å². The average molecular weight is 692 g/mol. The van der Waals surface area contributed by atoms with Crippen LogP contribution in [0.3, 0.4) is 0 Å². The minimum atomic E-state index is -1.16. The number of hydrogen-bond acceptors (Lipinski definition) is 4. The number of nitrogens with one attached hydrogen (secondary N) is 1. The maximum Gasteiger partial charge on any atom is 0.220 e. The second-order valence-corrected chi connectivity index (χ2v) is 14.9. The molecule has 0 heterocycles. The van der Waals surface area contributed by atoms with Crippen LogP contribution in [0.2, 0.25) is 0 Å². The molecular weight excluding hydrogens is 606 g/mol. The van der Waals surface area contributed by atoms with E-state index in [0.717, 1.165) is 38.5 Å². The topological polar surface area (TPSA) is 89.8 Å². The Morgan fingerprint density at radius 3 is 1.20 bits per heavy atom. The maximum atomic E-state index is 12.4. The monoisotopic (exact) mass is 692 g/mol. The van der Waals surface area contributed by atoms with Gasteiger partial charge in [0, 0.05) is 6.42 Å². The number of aliphatic hydroxyl groups is 3. The fraction of sp³-hybridized carbons (Fsp3) is 0.886. The van der Waals surface area contributed by atoms with Crippen molar-refractivity contribution < 1.29 is 20.1 Å². The molecule has 3 atom stereocenters. The average Bonchev–Trinajstić information content (AvgIpc) is 3.10. The van der Waals surface area contributed by atoms with Crippen molar-refractivity contribution in [3.8, 4) is 0 Å². The van der Waals surface area contributed by atoms with Gasteiger partial charge in [-0.3, -0.25) is 4.79 Å². The lowest BCUT2D eigenvalue weighted by Gasteiger charge is -2.26. The number of carbonyl (C=O) groups excluding carboxylic acids is 1. The number of rotatable bonds is 39. The van der Waals surface area contributed by atoms with E-state index in [1.54, 1.807) is 0 Å². The molecule has 0 aromatic heterocycles. The van der Waals surface area contributed by atoms with Crippen LogP contribution in [0.25, 0.3) is 0 Å². The van der Waals surface area contributed by atoms with Crippen molar-refractivity contribution in [1.29, 1.82) is 0 Å². The Morgan fingerprint density at radius 1 is 0.490 bits per heavy atom. The first-order valence-electron chi connectivity index (χ1n) is 21.6. The van der Waals surface area contributed by atoms with Crippen LogP contribution < -0.4 is 5.32 Å². The normalized spacial score (nSPS) is 13.8. The van der Waals surface area contributed by atoms with Crippen molar-refractivity contribution in [3.63, 3.8) is 0 Å². The highest BCUT2D eigenvalue weighted by Gasteiger charge is 2.26. The lowest BCUT2D eigenvalue weighted by molar-refractivity contribution is -0.124. The summed E-state index contributed by atoms with van der Waals surface area (Å²) in [6.45, 7) is 4.16. The summed E-state index contributed by atoms with van der Waals surface area (Å²) in [5, 5.41) is 33.5. The van der Waals surface area contributed by atoms with Crippen LogP contribution in [0.5, 0.6) is 0 Å². The minimum Gasteiger partial charge on any atom is -0.394 e. The lowest BCUT2D eigenvalue weighted by Crippen LogP contribution is -2.50. The van der Waals surface area contributed by atoms with Crippen molar-refractivity contribution in [2.24, 2.45) is 0 Å². The van der Waals surface area contributed by atoms with E-state index < -0.39 is 18.2 Å². The fourth-order valence-electron chi connectivity index (χ4n) is 6.63. The second kappa shape index (κ2) is 39.6. The first-order valence-corrected chi connectivity index (χ1v) is 21.6. The van der Waals surface area contributed by atoms with E-state index in [1.807, 2.05) is 0 Å². The summed E-state index contributed by atoms with van der Waals surface area (Å²) in [6.07, 6.45) is 47.1. The Balaban J connectivity index is 3.66. The summed E-state index contributed by atoms with van der Waals surface area (Å²) >= 11 is 0. The highest BCUT2D eigenvalue weighted by Crippen LogP contribution is 2.15. The van der Waals surface area contributed by atoms with Gasteiger partial charge in [0.05, 0.1) is 18.8 Å². The van der Waals surface area contributed by atoms with Crippen molar-refractivity contribution in [3.05, 3.63) is 24.3 Å². The molecule has 290 valence electrons. The molecule has 3 unspecified atom stereocenters. The second-order valence-electron chi connectivity index (χ2n) is 14.9. The van der Waals surface area contributed by atoms with Crippen molar-refractivity contribution in [1.82, 2.24) is 5.32 Å². The Kier molecular flexibility index (Phi) is 38.7. The number of carbonyl (C=O) groups is 1. The largest absolute Gasteiger partial charge is 0.394 e. The zero-order valence-electron chi connectivity index (χ0n) is 32.8. The number of amides is 1. The molecule has 0 aliphatic heterocycles. The van der Waals surface area contributed by atoms with E-state index in [-0.39, 0.29) is 12.5 Å². The Labute approximate surface area is 305 Å². The summed E-state index contributed by atoms with van der Waals surface area (Å²) in [5.74, 6) is -0.159. The van der Waals surface area contributed by atoms with E-state index >= 15 is 0 Å². The molecule has 0 saturated carbocycles. The quantitative estimate of drug-likeness (QED) is 0.0381. The van der Waals surface area contributed by atoms with Gasteiger partial charge in [0.1, 0.15) is 6.10 Å². The summed E-state index contributed by atoms with van der Waals surface area (Å²) in [4.78, 5) is 12.4. The molecule has 0 fully saturated rings. The zero-order chi connectivity index (χ0) is 35.9. The minimum absolute atomic E-state index is 0.159. The number of allylic oxidation sites excluding steroid dienone is 4. The van der Waals surface area contributed by atoms with Crippen LogP contribution >= 0.6 is 0 Å². The molecule has 0 aliphatic rings. The fourth-order valence-corrected chi connectivity index (χ4v) is 6.63. The van der Waals surface area contributed by atoms with E-state index in [0.29, 0.717) is 12.8 Å². The SMILES string of the molecule is CCCCCC/C=C\CCCCCCCCCC(=O)NC(CO)C(O)C(O)CCC/C=C/CCCCCCCCCCCCCCCCC. The molecule has 0 radical (unpaired) electrons. The molecule has 5 heteroatoms. The Bertz CT molecular complexity index is 724. The van der Waals surface area contributed by atoms with Crippen LogP contribution in [0.15, 0.2) is 24.3 Å². The predicted molar refractivity (Wildman–Crippen MR) is 213 cm³/mol. The van der Waals surface area contributed by atoms with Gasteiger partial charge in [-0.1, -0.05) is 179 Å². The summed E-state index contributed by atoms with van der Waals surface area (Å²) in [5.41, 5.74) is 0. The molecule has 0 bridgehead atoms. The van der Waals surface area contributed by atoms with E-state index in [2.05, 4.69) is 43.5 Å². The van der Waals surface area contributed by atoms with E-state index in [1.165, 1.54) is 161 Å². The molecule has 0 spiro atoms. The molecule has 49 heavy (non-hydrogen) atoms. The molecular formula is C44H85NO4. The first kappa shape index (κ1) is 47.8. The zero-order valence-corrected chi connectivity index (χ0v) is 32.8. The molecule has 0 aromatic carbocycles. The Hall–Kier alpha value is -1.17. The summed E-state index contributed by atoms with van der Waals surface area (Å²) in [6, 6.07) is -0.825. The molecule has 0 rings (SSSR count). The number of hydrogen-bond donors (Lipinski definition) is 4. The van der Waals surface area contributed by atoms with Gasteiger partial charge in [-0.2, -0.15) is 0 Å². The van der Waals surface area contributed by atoms with Gasteiger partial charge < -0.3 is 20.6 Å². The van der Waals surface area contributed by atoms with Gasteiger partial charge in [-0.05, 0) is 64.2 Å². The standard InChI is InChI=1S/C44H85NO4/c1-3-5-7-9-11-13-15-17-19-20-21-22-23-25-26-28-30-32-34-36-38-42(47)44(49)41(40-46)45-43(48)39-37-35-33-31-29-27-24-18-16-14-12-10-8-6-4-2/h14,16,30,32,41-42,44,46-47,49H,3-13,15,17-29,31,33-40H2,1-2H3,(H,45,48)/b16-14-,32-30+. The summed E-state index contributed by atoms with van der Waals surface area (Å²) in [7, 11) is 0. The molecule has 5 nitrogen and oxygen atoms in total. The number of unbranched alkanes of at least 4 members (excludes halogenated alkanes) is 27. The third-order valence-electron chi connectivity index (χ3n) is 10.0. The molecule has 4 N–H and O–H groups in total.